The molecule has 1 N–H and O–H groups in total. The monoisotopic (exact) mass is 316 g/mol. The number of thiazole rings is 1. The third kappa shape index (κ3) is 2.12. The lowest BCUT2D eigenvalue weighted by molar-refractivity contribution is 0.0901. The molecule has 0 aliphatic carbocycles. The topological polar surface area (TPSA) is 67.3 Å². The van der Waals surface area contributed by atoms with Gasteiger partial charge in [-0.15, -0.1) is 0 Å². The summed E-state index contributed by atoms with van der Waals surface area (Å²) in [5.41, 5.74) is 1.53. The number of hydrogen-bond acceptors (Lipinski definition) is 6. The minimum Gasteiger partial charge on any atom is -0.474 e. The van der Waals surface area contributed by atoms with Gasteiger partial charge in [-0.3, -0.25) is 4.79 Å². The molecule has 2 aliphatic heterocycles. The van der Waals surface area contributed by atoms with Gasteiger partial charge in [0, 0.05) is 18.2 Å². The van der Waals surface area contributed by atoms with E-state index in [1.54, 1.807) is 6.20 Å². The molecule has 0 radical (unpaired) electrons. The van der Waals surface area contributed by atoms with Gasteiger partial charge in [0.05, 0.1) is 12.2 Å². The van der Waals surface area contributed by atoms with Crippen molar-refractivity contribution < 1.29 is 9.53 Å². The molecule has 22 heavy (non-hydrogen) atoms. The van der Waals surface area contributed by atoms with Crippen molar-refractivity contribution in [3.8, 4) is 5.88 Å². The van der Waals surface area contributed by atoms with Crippen LogP contribution in [-0.4, -0.2) is 34.6 Å². The molecule has 0 saturated carbocycles. The second-order valence-electron chi connectivity index (χ2n) is 6.11. The van der Waals surface area contributed by atoms with Crippen molar-refractivity contribution in [1.29, 1.82) is 0 Å². The molecule has 0 fully saturated rings. The zero-order valence-electron chi connectivity index (χ0n) is 12.4. The molecule has 4 rings (SSSR count). The van der Waals surface area contributed by atoms with Crippen molar-refractivity contribution in [2.75, 3.05) is 18.1 Å². The summed E-state index contributed by atoms with van der Waals surface area (Å²) in [6, 6.07) is 3.84. The van der Waals surface area contributed by atoms with E-state index in [1.165, 1.54) is 11.3 Å². The van der Waals surface area contributed by atoms with E-state index in [9.17, 15) is 4.79 Å². The molecular weight excluding hydrogens is 300 g/mol. The Morgan fingerprint density at radius 1 is 1.45 bits per heavy atom. The van der Waals surface area contributed by atoms with Gasteiger partial charge in [-0.25, -0.2) is 9.97 Å². The SMILES string of the molecule is CC1(C)Cc2nc(N3CCOc4ncccc43)sc2C(=O)N1. The summed E-state index contributed by atoms with van der Waals surface area (Å²) in [7, 11) is 0. The molecule has 4 heterocycles. The molecule has 7 heteroatoms. The quantitative estimate of drug-likeness (QED) is 0.873. The molecule has 6 nitrogen and oxygen atoms in total. The van der Waals surface area contributed by atoms with Crippen LogP contribution >= 0.6 is 11.3 Å². The van der Waals surface area contributed by atoms with Crippen LogP contribution in [0.2, 0.25) is 0 Å². The first kappa shape index (κ1) is 13.5. The van der Waals surface area contributed by atoms with Gasteiger partial charge in [0.1, 0.15) is 17.2 Å². The van der Waals surface area contributed by atoms with Gasteiger partial charge in [-0.2, -0.15) is 0 Å². The Balaban J connectivity index is 1.76. The summed E-state index contributed by atoms with van der Waals surface area (Å²) < 4.78 is 5.58. The Kier molecular flexibility index (Phi) is 2.87. The highest BCUT2D eigenvalue weighted by atomic mass is 32.1. The molecular formula is C15H16N4O2S. The summed E-state index contributed by atoms with van der Waals surface area (Å²) in [6.45, 7) is 5.30. The van der Waals surface area contributed by atoms with E-state index in [0.717, 1.165) is 22.9 Å². The number of hydrogen-bond donors (Lipinski definition) is 1. The van der Waals surface area contributed by atoms with Crippen LogP contribution in [0.15, 0.2) is 18.3 Å². The van der Waals surface area contributed by atoms with Crippen molar-refractivity contribution in [3.63, 3.8) is 0 Å². The van der Waals surface area contributed by atoms with E-state index in [-0.39, 0.29) is 11.4 Å². The van der Waals surface area contributed by atoms with Gasteiger partial charge in [-0.1, -0.05) is 11.3 Å². The number of ether oxygens (including phenoxy) is 1. The number of nitrogens with one attached hydrogen (secondary N) is 1. The lowest BCUT2D eigenvalue weighted by Gasteiger charge is -2.29. The van der Waals surface area contributed by atoms with Gasteiger partial charge in [0.15, 0.2) is 5.13 Å². The highest BCUT2D eigenvalue weighted by Gasteiger charge is 2.34. The van der Waals surface area contributed by atoms with Crippen molar-refractivity contribution >= 4 is 28.1 Å². The van der Waals surface area contributed by atoms with E-state index in [1.807, 2.05) is 26.0 Å². The van der Waals surface area contributed by atoms with E-state index in [4.69, 9.17) is 9.72 Å². The summed E-state index contributed by atoms with van der Waals surface area (Å²) in [5.74, 6) is 0.585. The van der Waals surface area contributed by atoms with Crippen LogP contribution in [0.25, 0.3) is 0 Å². The van der Waals surface area contributed by atoms with Crippen LogP contribution in [0.3, 0.4) is 0 Å². The number of carbonyl (C=O) groups is 1. The van der Waals surface area contributed by atoms with Gasteiger partial charge in [0.2, 0.25) is 5.88 Å². The van der Waals surface area contributed by atoms with Gasteiger partial charge >= 0.3 is 0 Å². The molecule has 0 aromatic carbocycles. The molecule has 0 bridgehead atoms. The second kappa shape index (κ2) is 4.67. The third-order valence-corrected chi connectivity index (χ3v) is 4.90. The maximum atomic E-state index is 12.2. The minimum absolute atomic E-state index is 0.0327. The first-order chi connectivity index (χ1) is 10.5. The maximum Gasteiger partial charge on any atom is 0.263 e. The van der Waals surface area contributed by atoms with E-state index >= 15 is 0 Å². The first-order valence-corrected chi connectivity index (χ1v) is 8.03. The Morgan fingerprint density at radius 3 is 3.18 bits per heavy atom. The Hall–Kier alpha value is -2.15. The zero-order chi connectivity index (χ0) is 15.3. The average Bonchev–Trinajstić information content (AvgIpc) is 2.89. The fourth-order valence-corrected chi connectivity index (χ4v) is 3.85. The first-order valence-electron chi connectivity index (χ1n) is 7.21. The summed E-state index contributed by atoms with van der Waals surface area (Å²) in [6.07, 6.45) is 2.46. The number of fused-ring (bicyclic) bond motifs is 2. The Morgan fingerprint density at radius 2 is 2.32 bits per heavy atom. The van der Waals surface area contributed by atoms with Crippen LogP contribution < -0.4 is 15.0 Å². The predicted octanol–water partition coefficient (Wildman–Crippen LogP) is 2.13. The second-order valence-corrected chi connectivity index (χ2v) is 7.09. The number of pyridine rings is 1. The normalized spacial score (nSPS) is 19.0. The number of carbonyl (C=O) groups excluding carboxylic acids is 1. The van der Waals surface area contributed by atoms with Gasteiger partial charge in [0.25, 0.3) is 5.91 Å². The van der Waals surface area contributed by atoms with E-state index in [0.29, 0.717) is 23.9 Å². The number of aromatic nitrogens is 2. The molecule has 2 aliphatic rings. The van der Waals surface area contributed by atoms with Crippen molar-refractivity contribution in [3.05, 3.63) is 28.9 Å². The Bertz CT molecular complexity index is 756. The highest BCUT2D eigenvalue weighted by Crippen LogP contribution is 2.39. The molecule has 0 saturated heterocycles. The van der Waals surface area contributed by atoms with E-state index < -0.39 is 0 Å². The number of nitrogens with zero attached hydrogens (tertiary/aromatic N) is 3. The zero-order valence-corrected chi connectivity index (χ0v) is 13.2. The molecule has 114 valence electrons. The van der Waals surface area contributed by atoms with Crippen LogP contribution in [0.1, 0.15) is 29.2 Å². The van der Waals surface area contributed by atoms with Crippen molar-refractivity contribution in [1.82, 2.24) is 15.3 Å². The smallest absolute Gasteiger partial charge is 0.263 e. The van der Waals surface area contributed by atoms with Crippen LogP contribution in [0.5, 0.6) is 5.88 Å². The summed E-state index contributed by atoms with van der Waals surface area (Å²) in [4.78, 5) is 24.0. The van der Waals surface area contributed by atoms with Crippen molar-refractivity contribution in [2.24, 2.45) is 0 Å². The van der Waals surface area contributed by atoms with Crippen molar-refractivity contribution in [2.45, 2.75) is 25.8 Å². The molecule has 1 amide bonds. The minimum atomic E-state index is -0.250. The highest BCUT2D eigenvalue weighted by molar-refractivity contribution is 7.17. The van der Waals surface area contributed by atoms with Crippen LogP contribution in [0, 0.1) is 0 Å². The fraction of sp³-hybridized carbons (Fsp3) is 0.400. The molecule has 2 aromatic rings. The maximum absolute atomic E-state index is 12.2. The summed E-state index contributed by atoms with van der Waals surface area (Å²) >= 11 is 1.43. The number of anilines is 2. The van der Waals surface area contributed by atoms with Gasteiger partial charge in [-0.05, 0) is 26.0 Å². The van der Waals surface area contributed by atoms with E-state index in [2.05, 4.69) is 15.2 Å². The number of amides is 1. The molecule has 0 spiro atoms. The fourth-order valence-electron chi connectivity index (χ4n) is 2.83. The molecule has 0 atom stereocenters. The number of rotatable bonds is 1. The molecule has 2 aromatic heterocycles. The van der Waals surface area contributed by atoms with Gasteiger partial charge < -0.3 is 15.0 Å². The third-order valence-electron chi connectivity index (χ3n) is 3.78. The standard InChI is InChI=1S/C15H16N4O2S/c1-15(2)8-9-11(12(20)18-15)22-14(17-9)19-6-7-21-13-10(19)4-3-5-16-13/h3-5H,6-8H2,1-2H3,(H,18,20). The lowest BCUT2D eigenvalue weighted by atomic mass is 9.94. The molecule has 0 unspecified atom stereocenters. The van der Waals surface area contributed by atoms with Crippen LogP contribution in [-0.2, 0) is 6.42 Å². The van der Waals surface area contributed by atoms with Crippen LogP contribution in [0.4, 0.5) is 10.8 Å². The summed E-state index contributed by atoms with van der Waals surface area (Å²) in [5, 5.41) is 3.85. The Labute approximate surface area is 132 Å². The predicted molar refractivity (Wildman–Crippen MR) is 84.1 cm³/mol. The largest absolute Gasteiger partial charge is 0.474 e. The average molecular weight is 316 g/mol. The lowest BCUT2D eigenvalue weighted by Crippen LogP contribution is -2.48.